The number of benzene rings is 2. The molecule has 5 rings (SSSR count). The molecule has 2 aromatic heterocycles. The minimum atomic E-state index is -0.329. The van der Waals surface area contributed by atoms with Crippen molar-refractivity contribution in [3.63, 3.8) is 0 Å². The summed E-state index contributed by atoms with van der Waals surface area (Å²) in [5, 5.41) is 9.00. The summed E-state index contributed by atoms with van der Waals surface area (Å²) < 4.78 is 5.42. The van der Waals surface area contributed by atoms with Gasteiger partial charge in [0.05, 0.1) is 5.52 Å². The molecule has 1 saturated heterocycles. The third-order valence-corrected chi connectivity index (χ3v) is 6.17. The number of nitrogens with one attached hydrogen (secondary N) is 1. The molecule has 7 heteroatoms. The van der Waals surface area contributed by atoms with Crippen LogP contribution in [-0.2, 0) is 6.54 Å². The molecule has 0 unspecified atom stereocenters. The van der Waals surface area contributed by atoms with Crippen LogP contribution in [0.5, 0.6) is 0 Å². The highest BCUT2D eigenvalue weighted by Crippen LogP contribution is 2.23. The Morgan fingerprint density at radius 1 is 1.03 bits per heavy atom. The second-order valence-corrected chi connectivity index (χ2v) is 8.21. The molecule has 0 spiro atoms. The molecular weight excluding hydrogens is 392 g/mol. The van der Waals surface area contributed by atoms with E-state index in [9.17, 15) is 9.59 Å². The van der Waals surface area contributed by atoms with Crippen LogP contribution in [0, 0.1) is 13.8 Å². The van der Waals surface area contributed by atoms with Crippen LogP contribution in [0.1, 0.15) is 27.2 Å². The van der Waals surface area contributed by atoms with Crippen LogP contribution in [-0.4, -0.2) is 52.1 Å². The molecule has 1 amide bonds. The number of carbonyl (C=O) groups excluding carboxylic acids is 1. The first-order chi connectivity index (χ1) is 15.0. The van der Waals surface area contributed by atoms with Crippen molar-refractivity contribution in [2.75, 3.05) is 26.2 Å². The Labute approximate surface area is 179 Å². The highest BCUT2D eigenvalue weighted by molar-refractivity contribution is 6.04. The quantitative estimate of drug-likeness (QED) is 0.519. The minimum Gasteiger partial charge on any atom is -0.423 e. The number of piperazine rings is 1. The Morgan fingerprint density at radius 2 is 1.77 bits per heavy atom. The molecule has 3 heterocycles. The van der Waals surface area contributed by atoms with Gasteiger partial charge in [-0.15, -0.1) is 0 Å². The monoisotopic (exact) mass is 416 g/mol. The number of hydrogen-bond donors (Lipinski definition) is 1. The first-order valence-corrected chi connectivity index (χ1v) is 10.5. The molecule has 31 heavy (non-hydrogen) atoms. The molecule has 0 aliphatic carbocycles. The van der Waals surface area contributed by atoms with Gasteiger partial charge in [-0.25, -0.2) is 4.79 Å². The summed E-state index contributed by atoms with van der Waals surface area (Å²) in [7, 11) is 0. The van der Waals surface area contributed by atoms with Gasteiger partial charge >= 0.3 is 5.63 Å². The number of amides is 1. The van der Waals surface area contributed by atoms with Crippen molar-refractivity contribution in [2.45, 2.75) is 20.4 Å². The highest BCUT2D eigenvalue weighted by atomic mass is 16.4. The number of nitrogens with zero attached hydrogens (tertiary/aromatic N) is 3. The lowest BCUT2D eigenvalue weighted by molar-refractivity contribution is 0.0625. The normalized spacial score (nSPS) is 15.1. The maximum Gasteiger partial charge on any atom is 0.336 e. The van der Waals surface area contributed by atoms with Crippen molar-refractivity contribution in [1.29, 1.82) is 0 Å². The molecule has 158 valence electrons. The molecule has 0 radical (unpaired) electrons. The van der Waals surface area contributed by atoms with Gasteiger partial charge in [0.1, 0.15) is 5.58 Å². The second kappa shape index (κ2) is 7.67. The van der Waals surface area contributed by atoms with Gasteiger partial charge in [0.25, 0.3) is 5.91 Å². The van der Waals surface area contributed by atoms with Gasteiger partial charge in [-0.1, -0.05) is 18.2 Å². The first kappa shape index (κ1) is 19.5. The van der Waals surface area contributed by atoms with Gasteiger partial charge < -0.3 is 9.32 Å². The van der Waals surface area contributed by atoms with E-state index in [0.717, 1.165) is 40.5 Å². The highest BCUT2D eigenvalue weighted by Gasteiger charge is 2.25. The predicted octanol–water partition coefficient (Wildman–Crippen LogP) is 3.24. The fourth-order valence-corrected chi connectivity index (χ4v) is 4.24. The second-order valence-electron chi connectivity index (χ2n) is 8.21. The smallest absolute Gasteiger partial charge is 0.336 e. The molecule has 0 bridgehead atoms. The number of hydrogen-bond acceptors (Lipinski definition) is 5. The molecule has 0 atom stereocenters. The number of aromatic amines is 1. The van der Waals surface area contributed by atoms with Crippen molar-refractivity contribution in [2.24, 2.45) is 0 Å². The third kappa shape index (κ3) is 3.61. The largest absolute Gasteiger partial charge is 0.423 e. The topological polar surface area (TPSA) is 82.4 Å². The molecule has 1 N–H and O–H groups in total. The van der Waals surface area contributed by atoms with Crippen molar-refractivity contribution < 1.29 is 9.21 Å². The fraction of sp³-hybridized carbons (Fsp3) is 0.292. The Morgan fingerprint density at radius 3 is 2.58 bits per heavy atom. The van der Waals surface area contributed by atoms with Crippen LogP contribution < -0.4 is 5.63 Å². The van der Waals surface area contributed by atoms with E-state index in [4.69, 9.17) is 4.42 Å². The van der Waals surface area contributed by atoms with Crippen LogP contribution >= 0.6 is 0 Å². The Balaban J connectivity index is 1.32. The number of carbonyl (C=O) groups is 1. The standard InChI is InChI=1S/C24H24N4O3/c1-15-11-19-17(13-22(29)31-21(19)12-16(15)2)14-27-7-9-28(10-8-27)24(30)23-18-5-3-4-6-20(18)25-26-23/h3-6,11-13H,7-10,14H2,1-2H3,(H,25,26). The zero-order valence-electron chi connectivity index (χ0n) is 17.6. The number of aryl methyl sites for hydroxylation is 2. The van der Waals surface area contributed by atoms with Gasteiger partial charge in [-0.3, -0.25) is 14.8 Å². The molecule has 1 aliphatic rings. The van der Waals surface area contributed by atoms with Crippen molar-refractivity contribution in [1.82, 2.24) is 20.0 Å². The van der Waals surface area contributed by atoms with E-state index in [2.05, 4.69) is 28.1 Å². The third-order valence-electron chi connectivity index (χ3n) is 6.17. The van der Waals surface area contributed by atoms with E-state index in [0.29, 0.717) is 30.9 Å². The fourth-order valence-electron chi connectivity index (χ4n) is 4.24. The first-order valence-electron chi connectivity index (χ1n) is 10.5. The summed E-state index contributed by atoms with van der Waals surface area (Å²) in [6, 6.07) is 13.3. The Hall–Kier alpha value is -3.45. The van der Waals surface area contributed by atoms with E-state index in [1.807, 2.05) is 42.2 Å². The van der Waals surface area contributed by atoms with E-state index >= 15 is 0 Å². The maximum absolute atomic E-state index is 13.0. The number of para-hydroxylation sites is 1. The molecule has 7 nitrogen and oxygen atoms in total. The van der Waals surface area contributed by atoms with Gasteiger partial charge in [0.15, 0.2) is 5.69 Å². The van der Waals surface area contributed by atoms with Crippen molar-refractivity contribution in [3.05, 3.63) is 75.3 Å². The van der Waals surface area contributed by atoms with E-state index in [-0.39, 0.29) is 11.5 Å². The number of fused-ring (bicyclic) bond motifs is 2. The SMILES string of the molecule is Cc1cc2oc(=O)cc(CN3CCN(C(=O)c4n[nH]c5ccccc45)CC3)c2cc1C. The van der Waals surface area contributed by atoms with Gasteiger partial charge in [0, 0.05) is 49.6 Å². The molecule has 1 fully saturated rings. The lowest BCUT2D eigenvalue weighted by atomic mass is 10.0. The zero-order chi connectivity index (χ0) is 21.5. The van der Waals surface area contributed by atoms with Crippen molar-refractivity contribution >= 4 is 27.8 Å². The summed E-state index contributed by atoms with van der Waals surface area (Å²) in [5.74, 6) is -0.0472. The van der Waals surface area contributed by atoms with Crippen LogP contribution in [0.4, 0.5) is 0 Å². The van der Waals surface area contributed by atoms with Crippen LogP contribution in [0.3, 0.4) is 0 Å². The van der Waals surface area contributed by atoms with Gasteiger partial charge in [-0.2, -0.15) is 5.10 Å². The predicted molar refractivity (Wildman–Crippen MR) is 119 cm³/mol. The summed E-state index contributed by atoms with van der Waals surface area (Å²) in [6.07, 6.45) is 0. The Bertz CT molecular complexity index is 1350. The van der Waals surface area contributed by atoms with E-state index in [1.165, 1.54) is 5.56 Å². The number of rotatable bonds is 3. The lowest BCUT2D eigenvalue weighted by Gasteiger charge is -2.34. The van der Waals surface area contributed by atoms with Crippen LogP contribution in [0.15, 0.2) is 51.7 Å². The number of aromatic nitrogens is 2. The summed E-state index contributed by atoms with van der Waals surface area (Å²) >= 11 is 0. The molecule has 0 saturated carbocycles. The van der Waals surface area contributed by atoms with Crippen molar-refractivity contribution in [3.8, 4) is 0 Å². The Kier molecular flexibility index (Phi) is 4.82. The summed E-state index contributed by atoms with van der Waals surface area (Å²) in [5.41, 5.74) is 4.88. The van der Waals surface area contributed by atoms with E-state index < -0.39 is 0 Å². The lowest BCUT2D eigenvalue weighted by Crippen LogP contribution is -2.48. The summed E-state index contributed by atoms with van der Waals surface area (Å²) in [4.78, 5) is 29.2. The molecular formula is C24H24N4O3. The van der Waals surface area contributed by atoms with Crippen LogP contribution in [0.2, 0.25) is 0 Å². The summed E-state index contributed by atoms with van der Waals surface area (Å²) in [6.45, 7) is 7.45. The average molecular weight is 416 g/mol. The van der Waals surface area contributed by atoms with Gasteiger partial charge in [-0.05, 0) is 48.7 Å². The average Bonchev–Trinajstić information content (AvgIpc) is 3.19. The molecule has 4 aromatic rings. The zero-order valence-corrected chi connectivity index (χ0v) is 17.6. The van der Waals surface area contributed by atoms with E-state index in [1.54, 1.807) is 6.07 Å². The molecule has 2 aromatic carbocycles. The van der Waals surface area contributed by atoms with Crippen LogP contribution in [0.25, 0.3) is 21.9 Å². The molecule has 1 aliphatic heterocycles. The number of H-pyrrole nitrogens is 1. The minimum absolute atomic E-state index is 0.0472. The maximum atomic E-state index is 13.0. The van der Waals surface area contributed by atoms with Gasteiger partial charge in [0.2, 0.25) is 0 Å².